The molecule has 1 N–H and O–H groups in total. The third-order valence-electron chi connectivity index (χ3n) is 3.36. The van der Waals surface area contributed by atoms with Gasteiger partial charge in [0.1, 0.15) is 0 Å². The molecule has 0 fully saturated rings. The van der Waals surface area contributed by atoms with Crippen LogP contribution >= 0.6 is 11.6 Å². The van der Waals surface area contributed by atoms with E-state index in [1.807, 2.05) is 42.7 Å². The number of hydrogen-bond donors (Lipinski definition) is 1. The molecule has 9 heteroatoms. The Bertz CT molecular complexity index is 542. The molecule has 0 saturated heterocycles. The Morgan fingerprint density at radius 2 is 2.04 bits per heavy atom. The number of hydrogen-bond acceptors (Lipinski definition) is 2. The van der Waals surface area contributed by atoms with Gasteiger partial charge in [-0.05, 0) is 20.0 Å². The Kier molecular flexibility index (Phi) is 7.89. The van der Waals surface area contributed by atoms with Gasteiger partial charge in [-0.15, -0.1) is 0 Å². The van der Waals surface area contributed by atoms with Crippen molar-refractivity contribution in [2.24, 2.45) is 12.0 Å². The van der Waals surface area contributed by atoms with Crippen molar-refractivity contribution < 1.29 is 13.2 Å². The maximum absolute atomic E-state index is 12.3. The Balaban J connectivity index is 2.62. The Hall–Kier alpha value is -1.41. The van der Waals surface area contributed by atoms with Crippen LogP contribution in [0.5, 0.6) is 0 Å². The van der Waals surface area contributed by atoms with E-state index in [2.05, 4.69) is 10.3 Å². The monoisotopic (exact) mass is 367 g/mol. The second-order valence-electron chi connectivity index (χ2n) is 5.71. The van der Waals surface area contributed by atoms with Crippen LogP contribution in [0.2, 0.25) is 5.02 Å². The predicted octanol–water partition coefficient (Wildman–Crippen LogP) is 2.57. The molecule has 0 spiro atoms. The van der Waals surface area contributed by atoms with Gasteiger partial charge in [0.2, 0.25) is 0 Å². The van der Waals surface area contributed by atoms with Crippen LogP contribution in [-0.2, 0) is 13.6 Å². The summed E-state index contributed by atoms with van der Waals surface area (Å²) in [5.41, 5.74) is 1.02. The highest BCUT2D eigenvalue weighted by atomic mass is 35.5. The molecule has 0 bridgehead atoms. The van der Waals surface area contributed by atoms with E-state index in [0.29, 0.717) is 24.1 Å². The normalized spacial score (nSPS) is 12.8. The summed E-state index contributed by atoms with van der Waals surface area (Å²) < 4.78 is 38.9. The zero-order valence-electron chi connectivity index (χ0n) is 14.5. The summed E-state index contributed by atoms with van der Waals surface area (Å²) in [4.78, 5) is 7.52. The highest BCUT2D eigenvalue weighted by Crippen LogP contribution is 2.15. The average molecular weight is 368 g/mol. The Labute approximate surface area is 146 Å². The molecule has 1 heterocycles. The van der Waals surface area contributed by atoms with Crippen molar-refractivity contribution in [1.82, 2.24) is 19.7 Å². The van der Waals surface area contributed by atoms with Crippen LogP contribution in [-0.4, -0.2) is 66.8 Å². The van der Waals surface area contributed by atoms with Crippen LogP contribution in [0.15, 0.2) is 17.3 Å². The van der Waals surface area contributed by atoms with Crippen LogP contribution in [0.25, 0.3) is 0 Å². The van der Waals surface area contributed by atoms with Crippen LogP contribution < -0.4 is 5.32 Å². The second-order valence-corrected chi connectivity index (χ2v) is 6.14. The van der Waals surface area contributed by atoms with Gasteiger partial charge in [0.25, 0.3) is 0 Å². The molecule has 5 nitrogen and oxygen atoms in total. The van der Waals surface area contributed by atoms with Gasteiger partial charge < -0.3 is 14.8 Å². The van der Waals surface area contributed by atoms with E-state index < -0.39 is 12.7 Å². The lowest BCUT2D eigenvalue weighted by Gasteiger charge is -2.23. The first kappa shape index (κ1) is 20.6. The zero-order valence-corrected chi connectivity index (χ0v) is 15.2. The second kappa shape index (κ2) is 9.17. The maximum atomic E-state index is 12.3. The summed E-state index contributed by atoms with van der Waals surface area (Å²) in [6.45, 7) is 2.80. The first-order valence-electron chi connectivity index (χ1n) is 7.68. The molecule has 0 aliphatic carbocycles. The largest absolute Gasteiger partial charge is 0.401 e. The molecule has 0 aliphatic rings. The first-order chi connectivity index (χ1) is 11.1. The Morgan fingerprint density at radius 3 is 2.54 bits per heavy atom. The molecule has 0 amide bonds. The maximum Gasteiger partial charge on any atom is 0.401 e. The Morgan fingerprint density at radius 1 is 1.38 bits per heavy atom. The number of alkyl halides is 3. The lowest BCUT2D eigenvalue weighted by Crippen LogP contribution is -2.39. The molecular formula is C15H25ClF3N5. The van der Waals surface area contributed by atoms with Crippen LogP contribution in [0, 0.1) is 0 Å². The van der Waals surface area contributed by atoms with E-state index in [-0.39, 0.29) is 13.1 Å². The molecule has 1 rings (SSSR count). The van der Waals surface area contributed by atoms with E-state index in [1.165, 1.54) is 11.9 Å². The molecule has 0 aromatic carbocycles. The van der Waals surface area contributed by atoms with E-state index in [4.69, 9.17) is 11.6 Å². The van der Waals surface area contributed by atoms with Gasteiger partial charge in [-0.1, -0.05) is 11.6 Å². The lowest BCUT2D eigenvalue weighted by molar-refractivity contribution is -0.142. The minimum atomic E-state index is -4.19. The van der Waals surface area contributed by atoms with Gasteiger partial charge in [0.05, 0.1) is 24.7 Å². The molecule has 0 atom stereocenters. The predicted molar refractivity (Wildman–Crippen MR) is 91.4 cm³/mol. The average Bonchev–Trinajstić information content (AvgIpc) is 2.73. The standard InChI is InChI=1S/C15H25ClF3N5/c1-5-20-14(21-6-7-22(2)11-15(17,18)19)24(4)10-13-8-12(16)9-23(13)3/h8-9H,5-7,10-11H2,1-4H3,(H,20,21). The molecule has 0 saturated carbocycles. The third kappa shape index (κ3) is 7.44. The van der Waals surface area contributed by atoms with Crippen molar-refractivity contribution in [2.45, 2.75) is 19.6 Å². The van der Waals surface area contributed by atoms with Crippen molar-refractivity contribution >= 4 is 17.6 Å². The summed E-state index contributed by atoms with van der Waals surface area (Å²) >= 11 is 5.98. The van der Waals surface area contributed by atoms with Crippen molar-refractivity contribution in [3.8, 4) is 0 Å². The fourth-order valence-corrected chi connectivity index (χ4v) is 2.49. The molecule has 1 aromatic heterocycles. The zero-order chi connectivity index (χ0) is 18.3. The fraction of sp³-hybridized carbons (Fsp3) is 0.667. The number of nitrogens with zero attached hydrogens (tertiary/aromatic N) is 4. The van der Waals surface area contributed by atoms with Crippen molar-refractivity contribution in [3.63, 3.8) is 0 Å². The van der Waals surface area contributed by atoms with E-state index >= 15 is 0 Å². The molecular weight excluding hydrogens is 343 g/mol. The lowest BCUT2D eigenvalue weighted by atomic mass is 10.4. The van der Waals surface area contributed by atoms with Gasteiger partial charge in [0.15, 0.2) is 5.96 Å². The molecule has 138 valence electrons. The molecule has 0 aliphatic heterocycles. The number of halogens is 4. The van der Waals surface area contributed by atoms with Crippen LogP contribution in [0.3, 0.4) is 0 Å². The van der Waals surface area contributed by atoms with Crippen molar-refractivity contribution in [1.29, 1.82) is 0 Å². The molecule has 0 unspecified atom stereocenters. The minimum Gasteiger partial charge on any atom is -0.357 e. The summed E-state index contributed by atoms with van der Waals surface area (Å²) in [5.74, 6) is 0.648. The smallest absolute Gasteiger partial charge is 0.357 e. The number of likely N-dealkylation sites (N-methyl/N-ethyl adjacent to an activating group) is 1. The summed E-state index contributed by atoms with van der Waals surface area (Å²) in [5, 5.41) is 3.81. The van der Waals surface area contributed by atoms with E-state index in [0.717, 1.165) is 5.69 Å². The summed E-state index contributed by atoms with van der Waals surface area (Å²) in [6, 6.07) is 1.87. The van der Waals surface area contributed by atoms with Gasteiger partial charge in [-0.25, -0.2) is 0 Å². The number of aryl methyl sites for hydroxylation is 1. The van der Waals surface area contributed by atoms with E-state index in [9.17, 15) is 13.2 Å². The molecule has 24 heavy (non-hydrogen) atoms. The summed E-state index contributed by atoms with van der Waals surface area (Å²) in [7, 11) is 5.22. The van der Waals surface area contributed by atoms with Crippen LogP contribution in [0.1, 0.15) is 12.6 Å². The molecule has 1 aromatic rings. The van der Waals surface area contributed by atoms with Crippen molar-refractivity contribution in [3.05, 3.63) is 23.0 Å². The number of aromatic nitrogens is 1. The van der Waals surface area contributed by atoms with Crippen molar-refractivity contribution in [2.75, 3.05) is 40.3 Å². The first-order valence-corrected chi connectivity index (χ1v) is 8.05. The third-order valence-corrected chi connectivity index (χ3v) is 3.57. The van der Waals surface area contributed by atoms with Gasteiger partial charge >= 0.3 is 6.18 Å². The number of nitrogens with one attached hydrogen (secondary N) is 1. The number of aliphatic imine (C=N–C) groups is 1. The highest BCUT2D eigenvalue weighted by molar-refractivity contribution is 6.30. The van der Waals surface area contributed by atoms with E-state index in [1.54, 1.807) is 0 Å². The fourth-order valence-electron chi connectivity index (χ4n) is 2.22. The summed E-state index contributed by atoms with van der Waals surface area (Å²) in [6.07, 6.45) is -2.37. The number of rotatable bonds is 7. The number of guanidine groups is 1. The SMILES string of the molecule is CCNC(=NCCN(C)CC(F)(F)F)N(C)Cc1cc(Cl)cn1C. The van der Waals surface area contributed by atoms with Gasteiger partial charge in [-0.3, -0.25) is 9.89 Å². The highest BCUT2D eigenvalue weighted by Gasteiger charge is 2.28. The van der Waals surface area contributed by atoms with Gasteiger partial charge in [-0.2, -0.15) is 13.2 Å². The van der Waals surface area contributed by atoms with Gasteiger partial charge in [0, 0.05) is 39.1 Å². The topological polar surface area (TPSA) is 35.8 Å². The quantitative estimate of drug-likeness (QED) is 0.594. The minimum absolute atomic E-state index is 0.234. The molecule has 0 radical (unpaired) electrons. The van der Waals surface area contributed by atoms with Crippen LogP contribution in [0.4, 0.5) is 13.2 Å².